The lowest BCUT2D eigenvalue weighted by molar-refractivity contribution is -0.140. The first kappa shape index (κ1) is 23.8. The van der Waals surface area contributed by atoms with Crippen LogP contribution in [0.1, 0.15) is 42.9 Å². The number of amides is 1. The molecule has 1 amide bonds. The normalized spacial score (nSPS) is 17.3. The Kier molecular flexibility index (Phi) is 7.71. The number of benzene rings is 2. The predicted molar refractivity (Wildman–Crippen MR) is 121 cm³/mol. The number of rotatable bonds is 10. The van der Waals surface area contributed by atoms with Crippen molar-refractivity contribution < 1.29 is 34.1 Å². The summed E-state index contributed by atoms with van der Waals surface area (Å²) in [5.41, 5.74) is 1.03. The van der Waals surface area contributed by atoms with E-state index >= 15 is 0 Å². The molecule has 0 unspecified atom stereocenters. The molecule has 1 atom stereocenters. The Labute approximate surface area is 192 Å². The minimum Gasteiger partial charge on any atom is -0.507 e. The number of ketones is 1. The molecule has 0 saturated carbocycles. The number of aliphatic carboxylic acids is 1. The standard InChI is InChI=1S/C25H27NO7/c1-32-18-13-12-17(15-19(18)33-2)22-21(23(29)16-9-5-3-6-10-16)24(30)25(31)26(22)14-8-4-7-11-20(27)28/h3,5-6,9-10,12-13,15,22,29H,4,7-8,11,14H2,1-2H3,(H,27,28)/t22-/m1/s1. The van der Waals surface area contributed by atoms with E-state index in [1.165, 1.54) is 19.1 Å². The maximum absolute atomic E-state index is 13.0. The van der Waals surface area contributed by atoms with Gasteiger partial charge in [0.05, 0.1) is 25.8 Å². The maximum Gasteiger partial charge on any atom is 0.303 e. The van der Waals surface area contributed by atoms with Gasteiger partial charge in [0, 0.05) is 18.5 Å². The molecule has 0 bridgehead atoms. The zero-order valence-corrected chi connectivity index (χ0v) is 18.6. The fourth-order valence-electron chi connectivity index (χ4n) is 3.97. The zero-order chi connectivity index (χ0) is 24.0. The Bertz CT molecular complexity index is 1060. The van der Waals surface area contributed by atoms with Crippen molar-refractivity contribution in [2.45, 2.75) is 31.7 Å². The lowest BCUT2D eigenvalue weighted by atomic mass is 9.95. The van der Waals surface area contributed by atoms with Gasteiger partial charge in [-0.3, -0.25) is 14.4 Å². The fraction of sp³-hybridized carbons (Fsp3) is 0.320. The van der Waals surface area contributed by atoms with Crippen LogP contribution in [0.3, 0.4) is 0 Å². The molecule has 0 aromatic heterocycles. The van der Waals surface area contributed by atoms with Crippen molar-refractivity contribution in [3.05, 3.63) is 65.2 Å². The van der Waals surface area contributed by atoms with Gasteiger partial charge in [-0.15, -0.1) is 0 Å². The molecule has 0 aliphatic carbocycles. The molecule has 2 aromatic rings. The number of methoxy groups -OCH3 is 2. The average Bonchev–Trinajstić information content (AvgIpc) is 3.08. The second kappa shape index (κ2) is 10.7. The Morgan fingerprint density at radius 3 is 2.27 bits per heavy atom. The highest BCUT2D eigenvalue weighted by Gasteiger charge is 2.46. The van der Waals surface area contributed by atoms with Gasteiger partial charge in [-0.2, -0.15) is 0 Å². The third kappa shape index (κ3) is 5.16. The smallest absolute Gasteiger partial charge is 0.303 e. The molecular weight excluding hydrogens is 426 g/mol. The highest BCUT2D eigenvalue weighted by atomic mass is 16.5. The molecule has 3 rings (SSSR count). The molecule has 174 valence electrons. The molecule has 2 N–H and O–H groups in total. The SMILES string of the molecule is COc1ccc([C@@H]2C(=C(O)c3ccccc3)C(=O)C(=O)N2CCCCCC(=O)O)cc1OC. The number of ether oxygens (including phenoxy) is 2. The first-order valence-corrected chi connectivity index (χ1v) is 10.7. The van der Waals surface area contributed by atoms with Gasteiger partial charge in [-0.05, 0) is 30.5 Å². The summed E-state index contributed by atoms with van der Waals surface area (Å²) in [6, 6.07) is 12.9. The first-order valence-electron chi connectivity index (χ1n) is 10.7. The number of carbonyl (C=O) groups excluding carboxylic acids is 2. The van der Waals surface area contributed by atoms with E-state index in [0.717, 1.165) is 0 Å². The molecule has 33 heavy (non-hydrogen) atoms. The molecule has 2 aromatic carbocycles. The lowest BCUT2D eigenvalue weighted by Gasteiger charge is -2.26. The van der Waals surface area contributed by atoms with Crippen molar-refractivity contribution in [2.24, 2.45) is 0 Å². The van der Waals surface area contributed by atoms with Gasteiger partial charge in [0.25, 0.3) is 11.7 Å². The van der Waals surface area contributed by atoms with Crippen LogP contribution in [0, 0.1) is 0 Å². The summed E-state index contributed by atoms with van der Waals surface area (Å²) in [6.45, 7) is 0.245. The minimum absolute atomic E-state index is 0.00366. The van der Waals surface area contributed by atoms with E-state index in [9.17, 15) is 19.5 Å². The van der Waals surface area contributed by atoms with Crippen molar-refractivity contribution >= 4 is 23.4 Å². The minimum atomic E-state index is -0.872. The van der Waals surface area contributed by atoms with Gasteiger partial charge < -0.3 is 24.6 Å². The third-order valence-corrected chi connectivity index (χ3v) is 5.60. The number of Topliss-reactive ketones (excluding diaryl/α,β-unsaturated/α-hetero) is 1. The van der Waals surface area contributed by atoms with Crippen LogP contribution >= 0.6 is 0 Å². The summed E-state index contributed by atoms with van der Waals surface area (Å²) >= 11 is 0. The van der Waals surface area contributed by atoms with E-state index < -0.39 is 23.7 Å². The van der Waals surface area contributed by atoms with Gasteiger partial charge >= 0.3 is 5.97 Å². The van der Waals surface area contributed by atoms with Crippen molar-refractivity contribution in [3.63, 3.8) is 0 Å². The molecule has 8 heteroatoms. The van der Waals surface area contributed by atoms with Crippen LogP contribution in [0.25, 0.3) is 5.76 Å². The Morgan fingerprint density at radius 1 is 0.939 bits per heavy atom. The number of carboxylic acid groups (broad SMARTS) is 1. The van der Waals surface area contributed by atoms with E-state index in [-0.39, 0.29) is 24.3 Å². The number of aliphatic hydroxyl groups excluding tert-OH is 1. The van der Waals surface area contributed by atoms with Gasteiger partial charge in [0.15, 0.2) is 11.5 Å². The molecule has 1 aliphatic rings. The van der Waals surface area contributed by atoms with Crippen LogP contribution in [0.5, 0.6) is 11.5 Å². The van der Waals surface area contributed by atoms with Crippen molar-refractivity contribution in [1.82, 2.24) is 4.90 Å². The highest BCUT2D eigenvalue weighted by molar-refractivity contribution is 6.46. The number of nitrogens with zero attached hydrogens (tertiary/aromatic N) is 1. The lowest BCUT2D eigenvalue weighted by Crippen LogP contribution is -2.30. The largest absolute Gasteiger partial charge is 0.507 e. The van der Waals surface area contributed by atoms with E-state index in [4.69, 9.17) is 14.6 Å². The predicted octanol–water partition coefficient (Wildman–Crippen LogP) is 3.77. The second-order valence-corrected chi connectivity index (χ2v) is 7.68. The molecule has 1 heterocycles. The average molecular weight is 453 g/mol. The van der Waals surface area contributed by atoms with Crippen molar-refractivity contribution in [3.8, 4) is 11.5 Å². The van der Waals surface area contributed by atoms with Crippen LogP contribution in [0.15, 0.2) is 54.1 Å². The second-order valence-electron chi connectivity index (χ2n) is 7.68. The Morgan fingerprint density at radius 2 is 1.64 bits per heavy atom. The summed E-state index contributed by atoms with van der Waals surface area (Å²) in [5.74, 6) is -1.66. The molecule has 1 fully saturated rings. The topological polar surface area (TPSA) is 113 Å². The summed E-state index contributed by atoms with van der Waals surface area (Å²) in [5, 5.41) is 19.8. The van der Waals surface area contributed by atoms with Crippen LogP contribution in [0.2, 0.25) is 0 Å². The van der Waals surface area contributed by atoms with Crippen LogP contribution in [-0.4, -0.2) is 53.5 Å². The Hall–Kier alpha value is -3.81. The van der Waals surface area contributed by atoms with Crippen molar-refractivity contribution in [1.29, 1.82) is 0 Å². The summed E-state index contributed by atoms with van der Waals surface area (Å²) < 4.78 is 10.7. The highest BCUT2D eigenvalue weighted by Crippen LogP contribution is 2.42. The van der Waals surface area contributed by atoms with Crippen LogP contribution in [0.4, 0.5) is 0 Å². The first-order chi connectivity index (χ1) is 15.9. The number of carbonyl (C=O) groups is 3. The van der Waals surface area contributed by atoms with E-state index in [1.54, 1.807) is 48.5 Å². The van der Waals surface area contributed by atoms with E-state index in [1.807, 2.05) is 0 Å². The van der Waals surface area contributed by atoms with Crippen molar-refractivity contribution in [2.75, 3.05) is 20.8 Å². The number of likely N-dealkylation sites (tertiary alicyclic amines) is 1. The van der Waals surface area contributed by atoms with Gasteiger partial charge in [-0.25, -0.2) is 0 Å². The molecule has 1 aliphatic heterocycles. The van der Waals surface area contributed by atoms with Gasteiger partial charge in [-0.1, -0.05) is 42.8 Å². The third-order valence-electron chi connectivity index (χ3n) is 5.60. The number of carboxylic acids is 1. The van der Waals surface area contributed by atoms with Crippen LogP contribution in [-0.2, 0) is 14.4 Å². The molecular formula is C25H27NO7. The quantitative estimate of drug-likeness (QED) is 0.244. The fourth-order valence-corrected chi connectivity index (χ4v) is 3.97. The van der Waals surface area contributed by atoms with Crippen LogP contribution < -0.4 is 9.47 Å². The zero-order valence-electron chi connectivity index (χ0n) is 18.6. The van der Waals surface area contributed by atoms with Gasteiger partial charge in [0.2, 0.25) is 0 Å². The molecule has 8 nitrogen and oxygen atoms in total. The molecule has 0 radical (unpaired) electrons. The summed E-state index contributed by atoms with van der Waals surface area (Å²) in [6.07, 6.45) is 1.64. The molecule has 0 spiro atoms. The Balaban J connectivity index is 2.02. The van der Waals surface area contributed by atoms with Gasteiger partial charge in [0.1, 0.15) is 5.76 Å². The van der Waals surface area contributed by atoms with E-state index in [0.29, 0.717) is 41.9 Å². The summed E-state index contributed by atoms with van der Waals surface area (Å²) in [4.78, 5) is 38.2. The number of aliphatic hydroxyl groups is 1. The number of hydrogen-bond acceptors (Lipinski definition) is 6. The monoisotopic (exact) mass is 453 g/mol. The maximum atomic E-state index is 13.0. The summed E-state index contributed by atoms with van der Waals surface area (Å²) in [7, 11) is 3.00. The molecule has 1 saturated heterocycles. The number of hydrogen-bond donors (Lipinski definition) is 2. The van der Waals surface area contributed by atoms with E-state index in [2.05, 4.69) is 0 Å². The number of unbranched alkanes of at least 4 members (excludes halogenated alkanes) is 2.